The van der Waals surface area contributed by atoms with Gasteiger partial charge in [0.1, 0.15) is 5.82 Å². The number of benzene rings is 1. The van der Waals surface area contributed by atoms with E-state index in [1.54, 1.807) is 18.2 Å². The Morgan fingerprint density at radius 1 is 1.38 bits per heavy atom. The van der Waals surface area contributed by atoms with Gasteiger partial charge in [-0.15, -0.1) is 0 Å². The van der Waals surface area contributed by atoms with E-state index < -0.39 is 5.97 Å². The Morgan fingerprint density at radius 2 is 1.92 bits per heavy atom. The van der Waals surface area contributed by atoms with Crippen LogP contribution >= 0.6 is 0 Å². The summed E-state index contributed by atoms with van der Waals surface area (Å²) in [6, 6.07) is 7.94. The number of rotatable bonds is 2. The van der Waals surface area contributed by atoms with Crippen LogP contribution in [0.2, 0.25) is 0 Å². The maximum atomic E-state index is 11.9. The molecule has 0 atom stereocenters. The second kappa shape index (κ2) is 7.28. The number of carbonyl (C=O) groups is 1. The number of aliphatic carboxylic acids is 1. The summed E-state index contributed by atoms with van der Waals surface area (Å²) in [6.07, 6.45) is 1.02. The standard InChI is InChI=1S/C6H5F.C4H8O2/c7-6-4-2-1-3-5-6;1-2-3-4(5)6/h1-5H;2-3H2,1H3,(H,5,6). The zero-order valence-electron chi connectivity index (χ0n) is 7.53. The molecule has 1 N–H and O–H groups in total. The maximum absolute atomic E-state index is 11.9. The zero-order valence-corrected chi connectivity index (χ0v) is 7.53. The van der Waals surface area contributed by atoms with Gasteiger partial charge in [-0.2, -0.15) is 0 Å². The van der Waals surface area contributed by atoms with Crippen molar-refractivity contribution >= 4 is 5.97 Å². The molecule has 0 aliphatic carbocycles. The minimum Gasteiger partial charge on any atom is -0.481 e. The molecule has 0 aromatic heterocycles. The molecule has 1 aromatic rings. The molecule has 1 aromatic carbocycles. The van der Waals surface area contributed by atoms with Gasteiger partial charge in [0.25, 0.3) is 0 Å². The molecule has 0 aliphatic heterocycles. The van der Waals surface area contributed by atoms with Crippen molar-refractivity contribution in [1.82, 2.24) is 0 Å². The molecule has 3 heteroatoms. The Morgan fingerprint density at radius 3 is 2.08 bits per heavy atom. The predicted octanol–water partition coefficient (Wildman–Crippen LogP) is 2.70. The number of halogens is 1. The SMILES string of the molecule is CCCC(=O)O.Fc1ccccc1. The summed E-state index contributed by atoms with van der Waals surface area (Å²) in [5.41, 5.74) is 0. The molecule has 0 heterocycles. The maximum Gasteiger partial charge on any atom is 0.303 e. The van der Waals surface area contributed by atoms with E-state index in [0.717, 1.165) is 6.42 Å². The highest BCUT2D eigenvalue weighted by Gasteiger charge is 1.87. The van der Waals surface area contributed by atoms with Crippen molar-refractivity contribution in [3.8, 4) is 0 Å². The summed E-state index contributed by atoms with van der Waals surface area (Å²) in [6.45, 7) is 1.84. The average Bonchev–Trinajstić information content (AvgIpc) is 2.06. The Labute approximate surface area is 77.0 Å². The Bertz CT molecular complexity index is 234. The lowest BCUT2D eigenvalue weighted by atomic mass is 10.4. The van der Waals surface area contributed by atoms with Gasteiger partial charge in [0.05, 0.1) is 0 Å². The van der Waals surface area contributed by atoms with Crippen LogP contribution in [-0.2, 0) is 4.79 Å². The third-order valence-electron chi connectivity index (χ3n) is 1.20. The van der Waals surface area contributed by atoms with Crippen molar-refractivity contribution in [3.05, 3.63) is 36.1 Å². The van der Waals surface area contributed by atoms with E-state index in [-0.39, 0.29) is 5.82 Å². The van der Waals surface area contributed by atoms with Crippen LogP contribution in [0.5, 0.6) is 0 Å². The van der Waals surface area contributed by atoms with Crippen molar-refractivity contribution in [2.24, 2.45) is 0 Å². The molecule has 0 unspecified atom stereocenters. The molecule has 0 amide bonds. The molecule has 0 radical (unpaired) electrons. The van der Waals surface area contributed by atoms with Gasteiger partial charge in [-0.25, -0.2) is 4.39 Å². The zero-order chi connectivity index (χ0) is 10.1. The van der Waals surface area contributed by atoms with Crippen molar-refractivity contribution in [2.75, 3.05) is 0 Å². The number of carboxylic acids is 1. The first kappa shape index (κ1) is 11.6. The topological polar surface area (TPSA) is 37.3 Å². The molecule has 72 valence electrons. The van der Waals surface area contributed by atoms with Crippen LogP contribution < -0.4 is 0 Å². The van der Waals surface area contributed by atoms with Crippen molar-refractivity contribution in [3.63, 3.8) is 0 Å². The fourth-order valence-electron chi connectivity index (χ4n) is 0.629. The molecule has 1 rings (SSSR count). The first-order chi connectivity index (χ1) is 6.16. The minimum absolute atomic E-state index is 0.178. The highest BCUT2D eigenvalue weighted by Crippen LogP contribution is 1.91. The highest BCUT2D eigenvalue weighted by molar-refractivity contribution is 5.66. The van der Waals surface area contributed by atoms with E-state index in [1.807, 2.05) is 6.92 Å². The second-order valence-electron chi connectivity index (χ2n) is 2.44. The smallest absolute Gasteiger partial charge is 0.303 e. The normalized spacial score (nSPS) is 8.46. The van der Waals surface area contributed by atoms with Gasteiger partial charge >= 0.3 is 5.97 Å². The van der Waals surface area contributed by atoms with Crippen LogP contribution in [0.1, 0.15) is 19.8 Å². The van der Waals surface area contributed by atoms with Crippen LogP contribution in [-0.4, -0.2) is 11.1 Å². The molecule has 0 saturated heterocycles. The summed E-state index contributed by atoms with van der Waals surface area (Å²) in [5, 5.41) is 7.91. The highest BCUT2D eigenvalue weighted by atomic mass is 19.1. The van der Waals surface area contributed by atoms with Gasteiger partial charge in [-0.1, -0.05) is 25.1 Å². The van der Waals surface area contributed by atoms with Crippen LogP contribution in [0.15, 0.2) is 30.3 Å². The predicted molar refractivity (Wildman–Crippen MR) is 48.9 cm³/mol. The van der Waals surface area contributed by atoms with Gasteiger partial charge in [0, 0.05) is 6.42 Å². The monoisotopic (exact) mass is 184 g/mol. The second-order valence-corrected chi connectivity index (χ2v) is 2.44. The van der Waals surface area contributed by atoms with E-state index in [0.29, 0.717) is 6.42 Å². The molecule has 13 heavy (non-hydrogen) atoms. The first-order valence-corrected chi connectivity index (χ1v) is 4.09. The van der Waals surface area contributed by atoms with Crippen LogP contribution in [0.4, 0.5) is 4.39 Å². The first-order valence-electron chi connectivity index (χ1n) is 4.09. The van der Waals surface area contributed by atoms with Crippen molar-refractivity contribution in [2.45, 2.75) is 19.8 Å². The minimum atomic E-state index is -0.711. The lowest BCUT2D eigenvalue weighted by molar-refractivity contribution is -0.137. The van der Waals surface area contributed by atoms with Crippen LogP contribution in [0, 0.1) is 5.82 Å². The third kappa shape index (κ3) is 8.53. The Hall–Kier alpha value is -1.38. The third-order valence-corrected chi connectivity index (χ3v) is 1.20. The Balaban J connectivity index is 0.000000226. The fraction of sp³-hybridized carbons (Fsp3) is 0.300. The molecule has 0 fully saturated rings. The summed E-state index contributed by atoms with van der Waals surface area (Å²) in [4.78, 5) is 9.60. The molecular weight excluding hydrogens is 171 g/mol. The Kier molecular flexibility index (Phi) is 6.51. The lowest BCUT2D eigenvalue weighted by Crippen LogP contribution is -1.90. The van der Waals surface area contributed by atoms with Gasteiger partial charge in [-0.3, -0.25) is 4.79 Å². The van der Waals surface area contributed by atoms with Crippen LogP contribution in [0.3, 0.4) is 0 Å². The van der Waals surface area contributed by atoms with E-state index in [4.69, 9.17) is 5.11 Å². The summed E-state index contributed by atoms with van der Waals surface area (Å²) in [5.74, 6) is -0.889. The quantitative estimate of drug-likeness (QED) is 0.767. The summed E-state index contributed by atoms with van der Waals surface area (Å²) >= 11 is 0. The van der Waals surface area contributed by atoms with E-state index in [9.17, 15) is 9.18 Å². The lowest BCUT2D eigenvalue weighted by Gasteiger charge is -1.79. The van der Waals surface area contributed by atoms with Crippen molar-refractivity contribution < 1.29 is 14.3 Å². The van der Waals surface area contributed by atoms with Gasteiger partial charge < -0.3 is 5.11 Å². The van der Waals surface area contributed by atoms with Gasteiger partial charge in [0.15, 0.2) is 0 Å². The summed E-state index contributed by atoms with van der Waals surface area (Å²) < 4.78 is 11.9. The molecule has 0 spiro atoms. The molecular formula is C10H13FO2. The summed E-state index contributed by atoms with van der Waals surface area (Å²) in [7, 11) is 0. The number of hydrogen-bond acceptors (Lipinski definition) is 1. The van der Waals surface area contributed by atoms with E-state index >= 15 is 0 Å². The average molecular weight is 184 g/mol. The number of hydrogen-bond donors (Lipinski definition) is 1. The number of carboxylic acid groups (broad SMARTS) is 1. The molecule has 0 aliphatic rings. The van der Waals surface area contributed by atoms with Gasteiger partial charge in [-0.05, 0) is 18.6 Å². The molecule has 0 bridgehead atoms. The largest absolute Gasteiger partial charge is 0.481 e. The van der Waals surface area contributed by atoms with Crippen molar-refractivity contribution in [1.29, 1.82) is 0 Å². The van der Waals surface area contributed by atoms with Gasteiger partial charge in [0.2, 0.25) is 0 Å². The fourth-order valence-corrected chi connectivity index (χ4v) is 0.629. The molecule has 2 nitrogen and oxygen atoms in total. The van der Waals surface area contributed by atoms with E-state index in [2.05, 4.69) is 0 Å². The van der Waals surface area contributed by atoms with E-state index in [1.165, 1.54) is 12.1 Å². The van der Waals surface area contributed by atoms with Crippen LogP contribution in [0.25, 0.3) is 0 Å². The molecule has 0 saturated carbocycles.